The van der Waals surface area contributed by atoms with E-state index in [2.05, 4.69) is 50.8 Å². The molecule has 0 fully saturated rings. The van der Waals surface area contributed by atoms with Gasteiger partial charge in [-0.25, -0.2) is 0 Å². The third-order valence-corrected chi connectivity index (χ3v) is 4.61. The quantitative estimate of drug-likeness (QED) is 0.861. The van der Waals surface area contributed by atoms with Crippen LogP contribution in [0.4, 0.5) is 0 Å². The van der Waals surface area contributed by atoms with E-state index in [1.807, 2.05) is 18.2 Å². The molecule has 1 aromatic carbocycles. The van der Waals surface area contributed by atoms with Gasteiger partial charge in [0.2, 0.25) is 0 Å². The molecule has 102 valence electrons. The number of hydrogen-bond acceptors (Lipinski definition) is 3. The predicted molar refractivity (Wildman–Crippen MR) is 86.3 cm³/mol. The maximum Gasteiger partial charge on any atom is 0.0318 e. The minimum absolute atomic E-state index is 0.0838. The molecule has 1 heterocycles. The van der Waals surface area contributed by atoms with Crippen molar-refractivity contribution in [3.05, 3.63) is 56.7 Å². The molecule has 19 heavy (non-hydrogen) atoms. The van der Waals surface area contributed by atoms with Crippen LogP contribution in [0.1, 0.15) is 23.6 Å². The van der Waals surface area contributed by atoms with E-state index >= 15 is 0 Å². The van der Waals surface area contributed by atoms with E-state index in [0.717, 1.165) is 24.0 Å². The smallest absolute Gasteiger partial charge is 0.0318 e. The lowest BCUT2D eigenvalue weighted by Crippen LogP contribution is -2.23. The first kappa shape index (κ1) is 14.7. The second kappa shape index (κ2) is 7.20. The zero-order chi connectivity index (χ0) is 13.7. The third-order valence-electron chi connectivity index (χ3n) is 3.16. The van der Waals surface area contributed by atoms with E-state index in [1.54, 1.807) is 11.3 Å². The average Bonchev–Trinajstić information content (AvgIpc) is 2.89. The summed E-state index contributed by atoms with van der Waals surface area (Å²) >= 11 is 5.31. The molecule has 1 unspecified atom stereocenters. The molecule has 1 aromatic heterocycles. The number of halogens is 1. The summed E-state index contributed by atoms with van der Waals surface area (Å²) in [4.78, 5) is 2.32. The van der Waals surface area contributed by atoms with E-state index in [9.17, 15) is 0 Å². The monoisotopic (exact) mass is 338 g/mol. The third kappa shape index (κ3) is 4.42. The Labute approximate surface area is 127 Å². The lowest BCUT2D eigenvalue weighted by atomic mass is 10.0. The molecule has 0 radical (unpaired) electrons. The van der Waals surface area contributed by atoms with Crippen molar-refractivity contribution < 1.29 is 0 Å². The fraction of sp³-hybridized carbons (Fsp3) is 0.333. The summed E-state index contributed by atoms with van der Waals surface area (Å²) in [6, 6.07) is 10.4. The summed E-state index contributed by atoms with van der Waals surface area (Å²) in [6.45, 7) is 1.99. The number of hydrogen-bond donors (Lipinski definition) is 1. The summed E-state index contributed by atoms with van der Waals surface area (Å²) in [7, 11) is 2.14. The maximum absolute atomic E-state index is 6.26. The number of nitrogens with zero attached hydrogens (tertiary/aromatic N) is 1. The van der Waals surface area contributed by atoms with Crippen LogP contribution in [-0.4, -0.2) is 18.5 Å². The molecule has 0 spiro atoms. The van der Waals surface area contributed by atoms with Crippen LogP contribution in [0.3, 0.4) is 0 Å². The zero-order valence-electron chi connectivity index (χ0n) is 11.1. The molecule has 1 atom stereocenters. The Morgan fingerprint density at radius 2 is 2.11 bits per heavy atom. The molecular weight excluding hydrogens is 320 g/mol. The minimum Gasteiger partial charge on any atom is -0.324 e. The summed E-state index contributed by atoms with van der Waals surface area (Å²) in [6.07, 6.45) is 0.962. The summed E-state index contributed by atoms with van der Waals surface area (Å²) < 4.78 is 1.10. The number of nitrogens with two attached hydrogens (primary N) is 1. The van der Waals surface area contributed by atoms with Gasteiger partial charge in [0, 0.05) is 17.1 Å². The van der Waals surface area contributed by atoms with E-state index in [0.29, 0.717) is 0 Å². The molecule has 0 amide bonds. The second-order valence-electron chi connectivity index (χ2n) is 4.79. The van der Waals surface area contributed by atoms with Gasteiger partial charge in [-0.3, -0.25) is 0 Å². The van der Waals surface area contributed by atoms with E-state index in [-0.39, 0.29) is 6.04 Å². The highest BCUT2D eigenvalue weighted by Gasteiger charge is 2.10. The van der Waals surface area contributed by atoms with Crippen LogP contribution < -0.4 is 5.73 Å². The van der Waals surface area contributed by atoms with Crippen molar-refractivity contribution in [2.45, 2.75) is 19.0 Å². The summed E-state index contributed by atoms with van der Waals surface area (Å²) in [5.74, 6) is 0. The fourth-order valence-electron chi connectivity index (χ4n) is 2.06. The van der Waals surface area contributed by atoms with Crippen molar-refractivity contribution in [2.24, 2.45) is 5.73 Å². The first-order valence-corrected chi connectivity index (χ1v) is 8.10. The average molecular weight is 339 g/mol. The largest absolute Gasteiger partial charge is 0.324 e. The molecule has 4 heteroatoms. The van der Waals surface area contributed by atoms with Crippen LogP contribution in [0.15, 0.2) is 45.6 Å². The van der Waals surface area contributed by atoms with Crippen LogP contribution in [-0.2, 0) is 6.54 Å². The highest BCUT2D eigenvalue weighted by Crippen LogP contribution is 2.23. The molecule has 0 aliphatic heterocycles. The minimum atomic E-state index is 0.0838. The van der Waals surface area contributed by atoms with Crippen LogP contribution in [0, 0.1) is 0 Å². The van der Waals surface area contributed by atoms with Crippen molar-refractivity contribution in [2.75, 3.05) is 13.6 Å². The van der Waals surface area contributed by atoms with Crippen LogP contribution in [0.5, 0.6) is 0 Å². The van der Waals surface area contributed by atoms with Crippen molar-refractivity contribution in [3.63, 3.8) is 0 Å². The number of thiophene rings is 1. The van der Waals surface area contributed by atoms with Crippen molar-refractivity contribution >= 4 is 27.3 Å². The molecule has 0 bridgehead atoms. The lowest BCUT2D eigenvalue weighted by Gasteiger charge is -2.19. The van der Waals surface area contributed by atoms with Crippen molar-refractivity contribution in [1.29, 1.82) is 0 Å². The van der Waals surface area contributed by atoms with Crippen LogP contribution in [0.25, 0.3) is 0 Å². The Hall–Kier alpha value is -0.680. The number of benzene rings is 1. The molecule has 2 N–H and O–H groups in total. The van der Waals surface area contributed by atoms with Gasteiger partial charge >= 0.3 is 0 Å². The van der Waals surface area contributed by atoms with Gasteiger partial charge in [0.25, 0.3) is 0 Å². The first-order valence-electron chi connectivity index (χ1n) is 6.36. The lowest BCUT2D eigenvalue weighted by molar-refractivity contribution is 0.312. The van der Waals surface area contributed by atoms with E-state index in [1.165, 1.54) is 11.1 Å². The van der Waals surface area contributed by atoms with E-state index < -0.39 is 0 Å². The fourth-order valence-corrected chi connectivity index (χ4v) is 3.30. The Morgan fingerprint density at radius 1 is 1.32 bits per heavy atom. The Kier molecular flexibility index (Phi) is 5.58. The molecule has 0 aliphatic carbocycles. The van der Waals surface area contributed by atoms with E-state index in [4.69, 9.17) is 5.73 Å². The van der Waals surface area contributed by atoms with Gasteiger partial charge in [0.15, 0.2) is 0 Å². The van der Waals surface area contributed by atoms with Gasteiger partial charge in [0.1, 0.15) is 0 Å². The molecule has 0 saturated carbocycles. The SMILES string of the molecule is CN(CCC(N)c1ccccc1Br)Cc1ccsc1. The van der Waals surface area contributed by atoms with Crippen molar-refractivity contribution in [1.82, 2.24) is 4.90 Å². The van der Waals surface area contributed by atoms with Gasteiger partial charge in [-0.1, -0.05) is 34.1 Å². The standard InChI is InChI=1S/C15H19BrN2S/c1-18(10-12-7-9-19-11-12)8-6-15(17)13-4-2-3-5-14(13)16/h2-5,7,9,11,15H,6,8,10,17H2,1H3. The van der Waals surface area contributed by atoms with Gasteiger partial charge in [-0.05, 0) is 54.0 Å². The van der Waals surface area contributed by atoms with Gasteiger partial charge in [-0.2, -0.15) is 11.3 Å². The maximum atomic E-state index is 6.26. The molecule has 2 rings (SSSR count). The number of rotatable bonds is 6. The second-order valence-corrected chi connectivity index (χ2v) is 6.42. The Balaban J connectivity index is 1.83. The zero-order valence-corrected chi connectivity index (χ0v) is 13.5. The molecule has 2 aromatic rings. The highest BCUT2D eigenvalue weighted by atomic mass is 79.9. The van der Waals surface area contributed by atoms with Crippen LogP contribution in [0.2, 0.25) is 0 Å². The van der Waals surface area contributed by atoms with Crippen LogP contribution >= 0.6 is 27.3 Å². The topological polar surface area (TPSA) is 29.3 Å². The molecule has 0 aliphatic rings. The Morgan fingerprint density at radius 3 is 2.79 bits per heavy atom. The Bertz CT molecular complexity index is 499. The normalized spacial score (nSPS) is 12.8. The predicted octanol–water partition coefficient (Wildman–Crippen LogP) is 4.03. The highest BCUT2D eigenvalue weighted by molar-refractivity contribution is 9.10. The van der Waals surface area contributed by atoms with Crippen molar-refractivity contribution in [3.8, 4) is 0 Å². The summed E-state index contributed by atoms with van der Waals surface area (Å²) in [5.41, 5.74) is 8.83. The van der Waals surface area contributed by atoms with Gasteiger partial charge in [0.05, 0.1) is 0 Å². The summed E-state index contributed by atoms with van der Waals surface area (Å²) in [5, 5.41) is 4.32. The van der Waals surface area contributed by atoms with Gasteiger partial charge < -0.3 is 10.6 Å². The first-order chi connectivity index (χ1) is 9.16. The van der Waals surface area contributed by atoms with Gasteiger partial charge in [-0.15, -0.1) is 0 Å². The molecule has 2 nitrogen and oxygen atoms in total. The molecular formula is C15H19BrN2S. The molecule has 0 saturated heterocycles.